The highest BCUT2D eigenvalue weighted by Crippen LogP contribution is 2.40. The number of rotatable bonds is 4. The van der Waals surface area contributed by atoms with Gasteiger partial charge in [-0.15, -0.1) is 0 Å². The van der Waals surface area contributed by atoms with Gasteiger partial charge in [-0.05, 0) is 29.8 Å². The Morgan fingerprint density at radius 3 is 2.62 bits per heavy atom. The molecule has 0 saturated heterocycles. The molecule has 1 atom stereocenters. The molecule has 0 amide bonds. The number of ether oxygens (including phenoxy) is 2. The lowest BCUT2D eigenvalue weighted by Crippen LogP contribution is -2.28. The molecular formula is C16H12BrF3N2O2. The first-order chi connectivity index (χ1) is 11.4. The first kappa shape index (κ1) is 16.6. The van der Waals surface area contributed by atoms with Gasteiger partial charge in [0.2, 0.25) is 0 Å². The van der Waals surface area contributed by atoms with E-state index in [1.807, 2.05) is 6.07 Å². The van der Waals surface area contributed by atoms with Crippen molar-refractivity contribution >= 4 is 22.0 Å². The first-order valence-corrected chi connectivity index (χ1v) is 7.69. The lowest BCUT2D eigenvalue weighted by Gasteiger charge is -2.26. The maximum Gasteiger partial charge on any atom is 0.387 e. The van der Waals surface area contributed by atoms with Crippen LogP contribution >= 0.6 is 15.9 Å². The minimum atomic E-state index is -3.03. The van der Waals surface area contributed by atoms with Crippen LogP contribution in [0.3, 0.4) is 0 Å². The molecule has 0 fully saturated rings. The summed E-state index contributed by atoms with van der Waals surface area (Å²) in [4.78, 5) is 4.28. The minimum absolute atomic E-state index is 0.00125. The average molecular weight is 401 g/mol. The van der Waals surface area contributed by atoms with Crippen LogP contribution < -0.4 is 10.5 Å². The molecule has 3 rings (SSSR count). The topological polar surface area (TPSA) is 56.8 Å². The van der Waals surface area contributed by atoms with Crippen molar-refractivity contribution in [3.63, 3.8) is 0 Å². The molecule has 0 aromatic heterocycles. The Hall–Kier alpha value is -2.22. The van der Waals surface area contributed by atoms with Crippen molar-refractivity contribution in [2.75, 3.05) is 6.61 Å². The predicted octanol–water partition coefficient (Wildman–Crippen LogP) is 3.78. The van der Waals surface area contributed by atoms with E-state index in [1.54, 1.807) is 18.2 Å². The number of benzene rings is 2. The fraction of sp³-hybridized carbons (Fsp3) is 0.188. The molecule has 1 unspecified atom stereocenters. The molecular weight excluding hydrogens is 389 g/mol. The standard InChI is InChI=1S/C16H12BrF3N2O2/c17-10-3-1-2-9(6-10)16(8-23-15(21)22-16)12-5-4-11(7-13(12)18)24-14(19)20/h1-7,14H,8H2,(H2,21,22). The number of hydrogen-bond donors (Lipinski definition) is 1. The molecule has 1 heterocycles. The van der Waals surface area contributed by atoms with Gasteiger partial charge < -0.3 is 15.2 Å². The number of aliphatic imine (C=N–C) groups is 1. The van der Waals surface area contributed by atoms with Crippen LogP contribution in [0.2, 0.25) is 0 Å². The van der Waals surface area contributed by atoms with Crippen LogP contribution in [-0.4, -0.2) is 19.2 Å². The van der Waals surface area contributed by atoms with Crippen LogP contribution in [0.1, 0.15) is 11.1 Å². The molecule has 1 aliphatic heterocycles. The minimum Gasteiger partial charge on any atom is -0.462 e. The van der Waals surface area contributed by atoms with Gasteiger partial charge in [0.1, 0.15) is 18.2 Å². The summed E-state index contributed by atoms with van der Waals surface area (Å²) in [6, 6.07) is 10.6. The second kappa shape index (κ2) is 6.35. The van der Waals surface area contributed by atoms with Crippen molar-refractivity contribution in [3.8, 4) is 5.75 Å². The summed E-state index contributed by atoms with van der Waals surface area (Å²) < 4.78 is 49.4. The molecule has 126 valence electrons. The molecule has 0 bridgehead atoms. The number of alkyl halides is 2. The predicted molar refractivity (Wildman–Crippen MR) is 85.5 cm³/mol. The molecule has 0 radical (unpaired) electrons. The summed E-state index contributed by atoms with van der Waals surface area (Å²) in [6.45, 7) is -3.03. The average Bonchev–Trinajstić information content (AvgIpc) is 2.90. The molecule has 0 aliphatic carbocycles. The quantitative estimate of drug-likeness (QED) is 0.849. The summed E-state index contributed by atoms with van der Waals surface area (Å²) in [5.41, 5.74) is 5.25. The zero-order valence-corrected chi connectivity index (χ0v) is 13.8. The zero-order chi connectivity index (χ0) is 17.3. The van der Waals surface area contributed by atoms with Crippen molar-refractivity contribution < 1.29 is 22.6 Å². The van der Waals surface area contributed by atoms with Gasteiger partial charge in [0.15, 0.2) is 5.54 Å². The van der Waals surface area contributed by atoms with Gasteiger partial charge in [0, 0.05) is 16.1 Å². The largest absolute Gasteiger partial charge is 0.462 e. The van der Waals surface area contributed by atoms with E-state index in [-0.39, 0.29) is 23.9 Å². The zero-order valence-electron chi connectivity index (χ0n) is 12.2. The fourth-order valence-corrected chi connectivity index (χ4v) is 3.02. The molecule has 2 aromatic carbocycles. The first-order valence-electron chi connectivity index (χ1n) is 6.90. The van der Waals surface area contributed by atoms with E-state index in [0.29, 0.717) is 5.56 Å². The summed E-state index contributed by atoms with van der Waals surface area (Å²) in [5, 5.41) is 0. The van der Waals surface area contributed by atoms with Crippen LogP contribution in [0.5, 0.6) is 5.75 Å². The number of hydrogen-bond acceptors (Lipinski definition) is 4. The highest BCUT2D eigenvalue weighted by atomic mass is 79.9. The molecule has 8 heteroatoms. The van der Waals surface area contributed by atoms with Crippen molar-refractivity contribution in [1.82, 2.24) is 0 Å². The maximum absolute atomic E-state index is 14.6. The summed E-state index contributed by atoms with van der Waals surface area (Å²) in [7, 11) is 0. The number of amidine groups is 1. The van der Waals surface area contributed by atoms with Gasteiger partial charge in [-0.1, -0.05) is 28.1 Å². The number of nitrogens with two attached hydrogens (primary N) is 1. The Kier molecular flexibility index (Phi) is 4.40. The molecule has 2 N–H and O–H groups in total. The van der Waals surface area contributed by atoms with Gasteiger partial charge >= 0.3 is 6.61 Å². The number of nitrogens with zero attached hydrogens (tertiary/aromatic N) is 1. The van der Waals surface area contributed by atoms with Crippen LogP contribution in [0.4, 0.5) is 13.2 Å². The highest BCUT2D eigenvalue weighted by molar-refractivity contribution is 9.10. The van der Waals surface area contributed by atoms with Gasteiger partial charge in [-0.3, -0.25) is 0 Å². The molecule has 24 heavy (non-hydrogen) atoms. The van der Waals surface area contributed by atoms with Gasteiger partial charge in [0.25, 0.3) is 6.02 Å². The second-order valence-corrected chi connectivity index (χ2v) is 6.05. The second-order valence-electron chi connectivity index (χ2n) is 5.13. The molecule has 1 aliphatic rings. The van der Waals surface area contributed by atoms with E-state index in [0.717, 1.165) is 10.5 Å². The monoisotopic (exact) mass is 400 g/mol. The van der Waals surface area contributed by atoms with Crippen LogP contribution in [0.15, 0.2) is 51.9 Å². The van der Waals surface area contributed by atoms with Crippen molar-refractivity contribution in [3.05, 3.63) is 63.9 Å². The van der Waals surface area contributed by atoms with E-state index in [4.69, 9.17) is 10.5 Å². The smallest absolute Gasteiger partial charge is 0.387 e. The van der Waals surface area contributed by atoms with E-state index < -0.39 is 18.0 Å². The maximum atomic E-state index is 14.6. The highest BCUT2D eigenvalue weighted by Gasteiger charge is 2.42. The lowest BCUT2D eigenvalue weighted by molar-refractivity contribution is -0.0500. The van der Waals surface area contributed by atoms with E-state index in [9.17, 15) is 13.2 Å². The van der Waals surface area contributed by atoms with E-state index >= 15 is 0 Å². The Labute approximate surface area is 144 Å². The third-order valence-electron chi connectivity index (χ3n) is 3.64. The Bertz CT molecular complexity index is 801. The van der Waals surface area contributed by atoms with Crippen molar-refractivity contribution in [2.24, 2.45) is 10.7 Å². The fourth-order valence-electron chi connectivity index (χ4n) is 2.63. The third kappa shape index (κ3) is 3.06. The number of halogens is 4. The molecule has 0 spiro atoms. The SMILES string of the molecule is NC1=NC(c2cccc(Br)c2)(c2ccc(OC(F)F)cc2F)CO1. The summed E-state index contributed by atoms with van der Waals surface area (Å²) >= 11 is 3.36. The van der Waals surface area contributed by atoms with Gasteiger partial charge in [-0.2, -0.15) is 8.78 Å². The van der Waals surface area contributed by atoms with E-state index in [1.165, 1.54) is 12.1 Å². The summed E-state index contributed by atoms with van der Waals surface area (Å²) in [6.07, 6.45) is 0. The van der Waals surface area contributed by atoms with Crippen LogP contribution in [-0.2, 0) is 10.3 Å². The van der Waals surface area contributed by atoms with Gasteiger partial charge in [0.05, 0.1) is 0 Å². The van der Waals surface area contributed by atoms with Crippen molar-refractivity contribution in [2.45, 2.75) is 12.2 Å². The molecule has 4 nitrogen and oxygen atoms in total. The van der Waals surface area contributed by atoms with Crippen molar-refractivity contribution in [1.29, 1.82) is 0 Å². The lowest BCUT2D eigenvalue weighted by atomic mass is 9.84. The van der Waals surface area contributed by atoms with Gasteiger partial charge in [-0.25, -0.2) is 9.38 Å². The molecule has 2 aromatic rings. The molecule has 0 saturated carbocycles. The Morgan fingerprint density at radius 2 is 2.04 bits per heavy atom. The van der Waals surface area contributed by atoms with E-state index in [2.05, 4.69) is 25.7 Å². The Balaban J connectivity index is 2.11. The normalized spacial score (nSPS) is 20.0. The third-order valence-corrected chi connectivity index (χ3v) is 4.14. The van der Waals surface area contributed by atoms with Crippen LogP contribution in [0.25, 0.3) is 0 Å². The summed E-state index contributed by atoms with van der Waals surface area (Å²) in [5.74, 6) is -1.01. The Morgan fingerprint density at radius 1 is 1.25 bits per heavy atom. The van der Waals surface area contributed by atoms with Crippen LogP contribution in [0, 0.1) is 5.82 Å².